The van der Waals surface area contributed by atoms with Crippen molar-refractivity contribution in [1.29, 1.82) is 0 Å². The smallest absolute Gasteiger partial charge is 0.394 e. The summed E-state index contributed by atoms with van der Waals surface area (Å²) in [7, 11) is 0. The summed E-state index contributed by atoms with van der Waals surface area (Å²) in [5, 5.41) is 11.2. The Balaban J connectivity index is 2.48. The third-order valence-electron chi connectivity index (χ3n) is 2.18. The predicted molar refractivity (Wildman–Crippen MR) is 64.7 cm³/mol. The molecule has 1 rings (SSSR count). The molecule has 0 aliphatic carbocycles. The van der Waals surface area contributed by atoms with Gasteiger partial charge in [-0.3, -0.25) is 0 Å². The van der Waals surface area contributed by atoms with Crippen LogP contribution in [0.2, 0.25) is 0 Å². The van der Waals surface area contributed by atoms with E-state index in [0.29, 0.717) is 19.6 Å². The largest absolute Gasteiger partial charge is 0.416 e. The van der Waals surface area contributed by atoms with Crippen LogP contribution in [0.1, 0.15) is 12.0 Å². The maximum Gasteiger partial charge on any atom is 0.416 e. The summed E-state index contributed by atoms with van der Waals surface area (Å²) in [5.74, 6) is -0.108. The summed E-state index contributed by atoms with van der Waals surface area (Å²) in [6, 6.07) is 1.69. The minimum absolute atomic E-state index is 0.0564. The first-order chi connectivity index (χ1) is 8.93. The molecule has 0 unspecified atom stereocenters. The highest BCUT2D eigenvalue weighted by Gasteiger charge is 2.31. The van der Waals surface area contributed by atoms with E-state index >= 15 is 0 Å². The van der Waals surface area contributed by atoms with Crippen LogP contribution in [0.5, 0.6) is 0 Å². The second-order valence-corrected chi connectivity index (χ2v) is 3.78. The lowest BCUT2D eigenvalue weighted by Crippen LogP contribution is -2.12. The first-order valence-corrected chi connectivity index (χ1v) is 5.70. The molecule has 0 saturated carbocycles. The maximum atomic E-state index is 12.5. The topological polar surface area (TPSA) is 80.4 Å². The standard InChI is InChI=1S/C11H16F3N3O2/c12-11(13,14)8-6-9(15)17-10(7-8)16-2-1-4-19-5-3-18/h6-7,18H,1-5H2,(H3,15,16,17). The SMILES string of the molecule is Nc1cc(C(F)(F)F)cc(NCCCOCCO)n1. The van der Waals surface area contributed by atoms with Crippen LogP contribution in [-0.4, -0.2) is 36.5 Å². The summed E-state index contributed by atoms with van der Waals surface area (Å²) in [6.07, 6.45) is -3.87. The Labute approximate surface area is 108 Å². The average Bonchev–Trinajstić information content (AvgIpc) is 2.32. The number of pyridine rings is 1. The normalized spacial score (nSPS) is 11.6. The van der Waals surface area contributed by atoms with Crippen LogP contribution in [0, 0.1) is 0 Å². The van der Waals surface area contributed by atoms with Crippen molar-refractivity contribution in [2.75, 3.05) is 37.4 Å². The van der Waals surface area contributed by atoms with Gasteiger partial charge in [0, 0.05) is 13.2 Å². The van der Waals surface area contributed by atoms with E-state index in [4.69, 9.17) is 15.6 Å². The van der Waals surface area contributed by atoms with Gasteiger partial charge in [-0.1, -0.05) is 0 Å². The molecule has 0 aliphatic rings. The predicted octanol–water partition coefficient (Wildman–Crippen LogP) is 1.49. The number of aliphatic hydroxyl groups is 1. The molecule has 8 heteroatoms. The van der Waals surface area contributed by atoms with Crippen molar-refractivity contribution in [2.24, 2.45) is 0 Å². The molecule has 0 aromatic carbocycles. The van der Waals surface area contributed by atoms with Crippen LogP contribution in [0.15, 0.2) is 12.1 Å². The van der Waals surface area contributed by atoms with Crippen molar-refractivity contribution in [2.45, 2.75) is 12.6 Å². The van der Waals surface area contributed by atoms with Crippen LogP contribution >= 0.6 is 0 Å². The number of aliphatic hydroxyl groups excluding tert-OH is 1. The first kappa shape index (κ1) is 15.5. The molecule has 0 spiro atoms. The van der Waals surface area contributed by atoms with Gasteiger partial charge in [0.2, 0.25) is 0 Å². The van der Waals surface area contributed by atoms with Gasteiger partial charge in [0.05, 0.1) is 18.8 Å². The van der Waals surface area contributed by atoms with Gasteiger partial charge in [-0.2, -0.15) is 13.2 Å². The molecule has 0 fully saturated rings. The highest BCUT2D eigenvalue weighted by Crippen LogP contribution is 2.31. The lowest BCUT2D eigenvalue weighted by Gasteiger charge is -2.11. The number of nitrogens with zero attached hydrogens (tertiary/aromatic N) is 1. The fourth-order valence-corrected chi connectivity index (χ4v) is 1.36. The van der Waals surface area contributed by atoms with E-state index in [0.717, 1.165) is 12.1 Å². The van der Waals surface area contributed by atoms with Crippen molar-refractivity contribution in [3.05, 3.63) is 17.7 Å². The Morgan fingerprint density at radius 3 is 2.68 bits per heavy atom. The third-order valence-corrected chi connectivity index (χ3v) is 2.18. The van der Waals surface area contributed by atoms with Gasteiger partial charge in [-0.25, -0.2) is 4.98 Å². The van der Waals surface area contributed by atoms with Crippen molar-refractivity contribution < 1.29 is 23.0 Å². The summed E-state index contributed by atoms with van der Waals surface area (Å²) in [4.78, 5) is 3.77. The number of halogens is 3. The summed E-state index contributed by atoms with van der Waals surface area (Å²) >= 11 is 0. The van der Waals surface area contributed by atoms with Gasteiger partial charge in [0.25, 0.3) is 0 Å². The highest BCUT2D eigenvalue weighted by atomic mass is 19.4. The zero-order chi connectivity index (χ0) is 14.3. The number of aromatic nitrogens is 1. The molecule has 1 aromatic rings. The van der Waals surface area contributed by atoms with Crippen LogP contribution < -0.4 is 11.1 Å². The maximum absolute atomic E-state index is 12.5. The van der Waals surface area contributed by atoms with Crippen LogP contribution in [-0.2, 0) is 10.9 Å². The van der Waals surface area contributed by atoms with E-state index in [1.54, 1.807) is 0 Å². The van der Waals surface area contributed by atoms with Crippen LogP contribution in [0.25, 0.3) is 0 Å². The van der Waals surface area contributed by atoms with Crippen molar-refractivity contribution >= 4 is 11.6 Å². The molecule has 19 heavy (non-hydrogen) atoms. The van der Waals surface area contributed by atoms with E-state index in [1.165, 1.54) is 0 Å². The van der Waals surface area contributed by atoms with E-state index in [2.05, 4.69) is 10.3 Å². The van der Waals surface area contributed by atoms with Gasteiger partial charge in [-0.05, 0) is 18.6 Å². The summed E-state index contributed by atoms with van der Waals surface area (Å²) in [6.45, 7) is 0.995. The monoisotopic (exact) mass is 279 g/mol. The van der Waals surface area contributed by atoms with Gasteiger partial charge >= 0.3 is 6.18 Å². The lowest BCUT2D eigenvalue weighted by atomic mass is 10.2. The van der Waals surface area contributed by atoms with Crippen LogP contribution in [0.3, 0.4) is 0 Å². The molecular formula is C11H16F3N3O2. The number of ether oxygens (including phenoxy) is 1. The molecule has 0 aliphatic heterocycles. The minimum Gasteiger partial charge on any atom is -0.394 e. The Hall–Kier alpha value is -1.54. The van der Waals surface area contributed by atoms with Gasteiger partial charge in [0.1, 0.15) is 11.6 Å². The van der Waals surface area contributed by atoms with Gasteiger partial charge in [-0.15, -0.1) is 0 Å². The number of alkyl halides is 3. The molecule has 5 nitrogen and oxygen atoms in total. The minimum atomic E-state index is -4.45. The lowest BCUT2D eigenvalue weighted by molar-refractivity contribution is -0.137. The molecular weight excluding hydrogens is 263 g/mol. The third kappa shape index (κ3) is 5.75. The quantitative estimate of drug-likeness (QED) is 0.659. The van der Waals surface area contributed by atoms with Gasteiger partial charge < -0.3 is 20.9 Å². The Bertz CT molecular complexity index is 399. The van der Waals surface area contributed by atoms with E-state index in [1.807, 2.05) is 0 Å². The van der Waals surface area contributed by atoms with Crippen LogP contribution in [0.4, 0.5) is 24.8 Å². The number of hydrogen-bond acceptors (Lipinski definition) is 5. The molecule has 0 amide bonds. The second-order valence-electron chi connectivity index (χ2n) is 3.78. The number of hydrogen-bond donors (Lipinski definition) is 3. The van der Waals surface area contributed by atoms with Crippen molar-refractivity contribution in [3.8, 4) is 0 Å². The number of nitrogens with one attached hydrogen (secondary N) is 1. The Morgan fingerprint density at radius 2 is 2.05 bits per heavy atom. The molecule has 4 N–H and O–H groups in total. The van der Waals surface area contributed by atoms with Gasteiger partial charge in [0.15, 0.2) is 0 Å². The zero-order valence-electron chi connectivity index (χ0n) is 10.2. The molecule has 1 heterocycles. The highest BCUT2D eigenvalue weighted by molar-refractivity contribution is 5.47. The fraction of sp³-hybridized carbons (Fsp3) is 0.545. The molecule has 0 atom stereocenters. The molecule has 0 bridgehead atoms. The Morgan fingerprint density at radius 1 is 1.32 bits per heavy atom. The van der Waals surface area contributed by atoms with Crippen molar-refractivity contribution in [3.63, 3.8) is 0 Å². The fourth-order valence-electron chi connectivity index (χ4n) is 1.36. The Kier molecular flexibility index (Phi) is 5.84. The molecule has 0 radical (unpaired) electrons. The molecule has 108 valence electrons. The molecule has 0 saturated heterocycles. The number of anilines is 2. The molecule has 1 aromatic heterocycles. The zero-order valence-corrected chi connectivity index (χ0v) is 10.2. The summed E-state index contributed by atoms with van der Waals surface area (Å²) in [5.41, 5.74) is 4.49. The van der Waals surface area contributed by atoms with E-state index in [-0.39, 0.29) is 24.8 Å². The average molecular weight is 279 g/mol. The van der Waals surface area contributed by atoms with Crippen molar-refractivity contribution in [1.82, 2.24) is 4.98 Å². The number of nitrogen functional groups attached to an aromatic ring is 1. The summed E-state index contributed by atoms with van der Waals surface area (Å²) < 4.78 is 42.6. The number of rotatable bonds is 7. The second kappa shape index (κ2) is 7.15. The van der Waals surface area contributed by atoms with E-state index in [9.17, 15) is 13.2 Å². The van der Waals surface area contributed by atoms with E-state index < -0.39 is 11.7 Å². The number of nitrogens with two attached hydrogens (primary N) is 1. The first-order valence-electron chi connectivity index (χ1n) is 5.70.